The van der Waals surface area contributed by atoms with E-state index in [2.05, 4.69) is 27.6 Å². The fourth-order valence-electron chi connectivity index (χ4n) is 2.30. The van der Waals surface area contributed by atoms with Crippen LogP contribution in [0.5, 0.6) is 5.75 Å². The molecule has 21 heavy (non-hydrogen) atoms. The molecule has 0 aliphatic rings. The van der Waals surface area contributed by atoms with Gasteiger partial charge < -0.3 is 15.8 Å². The van der Waals surface area contributed by atoms with Crippen molar-refractivity contribution in [3.8, 4) is 5.75 Å². The highest BCUT2D eigenvalue weighted by Crippen LogP contribution is 2.24. The van der Waals surface area contributed by atoms with Crippen LogP contribution in [0.4, 0.5) is 11.4 Å². The first-order valence-electron chi connectivity index (χ1n) is 6.85. The van der Waals surface area contributed by atoms with Gasteiger partial charge in [0.2, 0.25) is 0 Å². The number of anilines is 2. The summed E-state index contributed by atoms with van der Waals surface area (Å²) in [6, 6.07) is 12.0. The van der Waals surface area contributed by atoms with Gasteiger partial charge in [0.25, 0.3) is 0 Å². The van der Waals surface area contributed by atoms with Crippen molar-refractivity contribution in [2.24, 2.45) is 0 Å². The molecule has 1 aromatic heterocycles. The number of nitrogen functional groups attached to an aromatic ring is 1. The Kier molecular flexibility index (Phi) is 3.64. The van der Waals surface area contributed by atoms with Crippen LogP contribution < -0.4 is 15.8 Å². The summed E-state index contributed by atoms with van der Waals surface area (Å²) in [6.07, 6.45) is 2.69. The largest absolute Gasteiger partial charge is 0.497 e. The van der Waals surface area contributed by atoms with Gasteiger partial charge in [-0.3, -0.25) is 5.10 Å². The summed E-state index contributed by atoms with van der Waals surface area (Å²) in [6.45, 7) is 0.816. The molecule has 0 aliphatic heterocycles. The van der Waals surface area contributed by atoms with E-state index in [0.717, 1.165) is 41.0 Å². The highest BCUT2D eigenvalue weighted by molar-refractivity contribution is 5.88. The fourth-order valence-corrected chi connectivity index (χ4v) is 2.30. The fraction of sp³-hybridized carbons (Fsp3) is 0.188. The minimum atomic E-state index is 0.735. The number of hydrogen-bond acceptors (Lipinski definition) is 4. The van der Waals surface area contributed by atoms with Crippen LogP contribution in [0.1, 0.15) is 5.56 Å². The standard InChI is InChI=1S/C16H18N4O/c1-21-13-4-2-11(3-5-13)6-7-18-16-9-15-12(8-14(16)17)10-19-20-15/h2-5,8-10,18H,6-7,17H2,1H3,(H,19,20). The number of nitrogens with one attached hydrogen (secondary N) is 2. The van der Waals surface area contributed by atoms with Crippen LogP contribution in [0.15, 0.2) is 42.6 Å². The second kappa shape index (κ2) is 5.75. The van der Waals surface area contributed by atoms with Gasteiger partial charge in [-0.2, -0.15) is 5.10 Å². The van der Waals surface area contributed by atoms with Crippen LogP contribution in [0, 0.1) is 0 Å². The predicted octanol–water partition coefficient (Wildman–Crippen LogP) is 2.81. The Morgan fingerprint density at radius 1 is 1.24 bits per heavy atom. The zero-order valence-electron chi connectivity index (χ0n) is 11.9. The number of aromatic amines is 1. The molecule has 0 saturated carbocycles. The molecule has 0 fully saturated rings. The number of benzene rings is 2. The third-order valence-electron chi connectivity index (χ3n) is 3.50. The van der Waals surface area contributed by atoms with Crippen molar-refractivity contribution in [1.82, 2.24) is 10.2 Å². The van der Waals surface area contributed by atoms with Gasteiger partial charge in [0.1, 0.15) is 5.75 Å². The molecule has 108 valence electrons. The number of nitrogens with zero attached hydrogens (tertiary/aromatic N) is 1. The number of aromatic nitrogens is 2. The van der Waals surface area contributed by atoms with E-state index in [4.69, 9.17) is 10.5 Å². The number of ether oxygens (including phenoxy) is 1. The molecule has 0 spiro atoms. The summed E-state index contributed by atoms with van der Waals surface area (Å²) in [5.41, 5.74) is 9.94. The predicted molar refractivity (Wildman–Crippen MR) is 85.7 cm³/mol. The quantitative estimate of drug-likeness (QED) is 0.629. The maximum absolute atomic E-state index is 6.04. The smallest absolute Gasteiger partial charge is 0.118 e. The van der Waals surface area contributed by atoms with Crippen LogP contribution in [-0.2, 0) is 6.42 Å². The summed E-state index contributed by atoms with van der Waals surface area (Å²) in [5.74, 6) is 0.876. The lowest BCUT2D eigenvalue weighted by atomic mass is 10.1. The minimum absolute atomic E-state index is 0.735. The third-order valence-corrected chi connectivity index (χ3v) is 3.50. The summed E-state index contributed by atoms with van der Waals surface area (Å²) >= 11 is 0. The number of H-pyrrole nitrogens is 1. The molecular weight excluding hydrogens is 264 g/mol. The first kappa shape index (κ1) is 13.3. The second-order valence-electron chi connectivity index (χ2n) is 4.92. The Hall–Kier alpha value is -2.69. The molecule has 5 nitrogen and oxygen atoms in total. The van der Waals surface area contributed by atoms with E-state index in [1.54, 1.807) is 13.3 Å². The van der Waals surface area contributed by atoms with E-state index >= 15 is 0 Å². The van der Waals surface area contributed by atoms with Gasteiger partial charge in [-0.25, -0.2) is 0 Å². The van der Waals surface area contributed by atoms with Crippen LogP contribution >= 0.6 is 0 Å². The van der Waals surface area contributed by atoms with E-state index < -0.39 is 0 Å². The molecule has 0 amide bonds. The minimum Gasteiger partial charge on any atom is -0.497 e. The van der Waals surface area contributed by atoms with Crippen molar-refractivity contribution >= 4 is 22.3 Å². The van der Waals surface area contributed by atoms with Gasteiger partial charge in [0, 0.05) is 11.9 Å². The average Bonchev–Trinajstić information content (AvgIpc) is 2.95. The molecule has 0 saturated heterocycles. The topological polar surface area (TPSA) is 76.0 Å². The molecule has 1 heterocycles. The lowest BCUT2D eigenvalue weighted by Crippen LogP contribution is -2.06. The van der Waals surface area contributed by atoms with Gasteiger partial charge in [-0.1, -0.05) is 12.1 Å². The molecule has 0 atom stereocenters. The number of fused-ring (bicyclic) bond motifs is 1. The van der Waals surface area contributed by atoms with Crippen molar-refractivity contribution in [2.45, 2.75) is 6.42 Å². The van der Waals surface area contributed by atoms with Crippen molar-refractivity contribution < 1.29 is 4.74 Å². The van der Waals surface area contributed by atoms with Crippen molar-refractivity contribution in [3.05, 3.63) is 48.2 Å². The number of nitrogens with two attached hydrogens (primary N) is 1. The van der Waals surface area contributed by atoms with E-state index in [9.17, 15) is 0 Å². The lowest BCUT2D eigenvalue weighted by Gasteiger charge is -2.10. The van der Waals surface area contributed by atoms with Crippen molar-refractivity contribution in [1.29, 1.82) is 0 Å². The molecule has 4 N–H and O–H groups in total. The Morgan fingerprint density at radius 2 is 2.05 bits per heavy atom. The molecule has 3 aromatic rings. The summed E-state index contributed by atoms with van der Waals surface area (Å²) < 4.78 is 5.15. The van der Waals surface area contributed by atoms with Crippen LogP contribution in [0.3, 0.4) is 0 Å². The van der Waals surface area contributed by atoms with E-state index in [-0.39, 0.29) is 0 Å². The molecule has 5 heteroatoms. The first-order valence-corrected chi connectivity index (χ1v) is 6.85. The monoisotopic (exact) mass is 282 g/mol. The Labute approximate surface area is 123 Å². The Bertz CT molecular complexity index is 734. The number of methoxy groups -OCH3 is 1. The molecule has 2 aromatic carbocycles. The van der Waals surface area contributed by atoms with Gasteiger partial charge in [0.05, 0.1) is 30.2 Å². The summed E-state index contributed by atoms with van der Waals surface area (Å²) in [7, 11) is 1.67. The highest BCUT2D eigenvalue weighted by atomic mass is 16.5. The highest BCUT2D eigenvalue weighted by Gasteiger charge is 2.03. The van der Waals surface area contributed by atoms with E-state index in [0.29, 0.717) is 0 Å². The van der Waals surface area contributed by atoms with Gasteiger partial charge in [-0.05, 0) is 36.2 Å². The third kappa shape index (κ3) is 2.91. The van der Waals surface area contributed by atoms with Crippen LogP contribution in [0.2, 0.25) is 0 Å². The van der Waals surface area contributed by atoms with Gasteiger partial charge >= 0.3 is 0 Å². The molecular formula is C16H18N4O. The second-order valence-corrected chi connectivity index (χ2v) is 4.92. The van der Waals surface area contributed by atoms with Crippen molar-refractivity contribution in [2.75, 3.05) is 24.7 Å². The zero-order valence-corrected chi connectivity index (χ0v) is 11.9. The number of hydrogen-bond donors (Lipinski definition) is 3. The zero-order chi connectivity index (χ0) is 14.7. The molecule has 3 rings (SSSR count). The Balaban J connectivity index is 1.64. The Morgan fingerprint density at radius 3 is 2.81 bits per heavy atom. The van der Waals surface area contributed by atoms with Crippen LogP contribution in [-0.4, -0.2) is 23.9 Å². The molecule has 0 aliphatic carbocycles. The first-order chi connectivity index (χ1) is 10.3. The lowest BCUT2D eigenvalue weighted by molar-refractivity contribution is 0.414. The maximum atomic E-state index is 6.04. The molecule has 0 bridgehead atoms. The van der Waals surface area contributed by atoms with E-state index in [1.165, 1.54) is 5.56 Å². The van der Waals surface area contributed by atoms with Gasteiger partial charge in [-0.15, -0.1) is 0 Å². The van der Waals surface area contributed by atoms with Crippen LogP contribution in [0.25, 0.3) is 10.9 Å². The summed E-state index contributed by atoms with van der Waals surface area (Å²) in [5, 5.41) is 11.3. The SMILES string of the molecule is COc1ccc(CCNc2cc3[nH]ncc3cc2N)cc1. The molecule has 0 radical (unpaired) electrons. The average molecular weight is 282 g/mol. The van der Waals surface area contributed by atoms with Gasteiger partial charge in [0.15, 0.2) is 0 Å². The van der Waals surface area contributed by atoms with Crippen molar-refractivity contribution in [3.63, 3.8) is 0 Å². The number of rotatable bonds is 5. The van der Waals surface area contributed by atoms with E-state index in [1.807, 2.05) is 24.3 Å². The molecule has 0 unspecified atom stereocenters. The maximum Gasteiger partial charge on any atom is 0.118 e. The summed E-state index contributed by atoms with van der Waals surface area (Å²) in [4.78, 5) is 0. The normalized spacial score (nSPS) is 10.7.